The Labute approximate surface area is 226 Å². The SMILES string of the molecule is COc1ccc(-c2cc(-c3ccc(C)cc3)nc3sc(C(=O)Nc4cccc(C)c4C)c(N)c23)cc1OC. The van der Waals surface area contributed by atoms with Gasteiger partial charge in [-0.3, -0.25) is 4.79 Å². The van der Waals surface area contributed by atoms with Crippen LogP contribution < -0.4 is 20.5 Å². The predicted molar refractivity (Wildman–Crippen MR) is 157 cm³/mol. The van der Waals surface area contributed by atoms with Crippen LogP contribution in [0.3, 0.4) is 0 Å². The quantitative estimate of drug-likeness (QED) is 0.242. The molecule has 0 fully saturated rings. The summed E-state index contributed by atoms with van der Waals surface area (Å²) in [6.07, 6.45) is 0. The van der Waals surface area contributed by atoms with Crippen LogP contribution in [0, 0.1) is 20.8 Å². The monoisotopic (exact) mass is 523 g/mol. The average molecular weight is 524 g/mol. The van der Waals surface area contributed by atoms with Crippen LogP contribution in [-0.4, -0.2) is 25.1 Å². The molecule has 0 spiro atoms. The molecule has 0 aliphatic carbocycles. The summed E-state index contributed by atoms with van der Waals surface area (Å²) in [4.78, 5) is 19.5. The van der Waals surface area contributed by atoms with Gasteiger partial charge >= 0.3 is 0 Å². The lowest BCUT2D eigenvalue weighted by molar-refractivity contribution is 0.103. The maximum atomic E-state index is 13.4. The summed E-state index contributed by atoms with van der Waals surface area (Å²) < 4.78 is 11.0. The van der Waals surface area contributed by atoms with Gasteiger partial charge in [0.15, 0.2) is 11.5 Å². The molecule has 0 atom stereocenters. The minimum atomic E-state index is -0.255. The first-order valence-electron chi connectivity index (χ1n) is 12.2. The summed E-state index contributed by atoms with van der Waals surface area (Å²) in [5, 5.41) is 3.78. The third-order valence-corrected chi connectivity index (χ3v) is 7.90. The van der Waals surface area contributed by atoms with E-state index in [0.29, 0.717) is 26.9 Å². The highest BCUT2D eigenvalue weighted by molar-refractivity contribution is 7.21. The first-order chi connectivity index (χ1) is 18.3. The van der Waals surface area contributed by atoms with Crippen molar-refractivity contribution < 1.29 is 14.3 Å². The topological polar surface area (TPSA) is 86.5 Å². The normalized spacial score (nSPS) is 11.0. The van der Waals surface area contributed by atoms with Crippen molar-refractivity contribution in [1.82, 2.24) is 4.98 Å². The van der Waals surface area contributed by atoms with Gasteiger partial charge in [0.05, 0.1) is 25.6 Å². The number of thiophene rings is 1. The van der Waals surface area contributed by atoms with E-state index in [1.807, 2.05) is 68.4 Å². The lowest BCUT2D eigenvalue weighted by Gasteiger charge is -2.12. The molecule has 0 saturated carbocycles. The summed E-state index contributed by atoms with van der Waals surface area (Å²) in [7, 11) is 3.21. The van der Waals surface area contributed by atoms with Crippen LogP contribution >= 0.6 is 11.3 Å². The van der Waals surface area contributed by atoms with Gasteiger partial charge in [-0.1, -0.05) is 48.0 Å². The van der Waals surface area contributed by atoms with E-state index in [1.165, 1.54) is 16.9 Å². The Morgan fingerprint density at radius 2 is 1.61 bits per heavy atom. The minimum absolute atomic E-state index is 0.255. The fourth-order valence-corrected chi connectivity index (χ4v) is 5.47. The van der Waals surface area contributed by atoms with Crippen molar-refractivity contribution in [3.63, 3.8) is 0 Å². The number of anilines is 2. The standard InChI is InChI=1S/C31H29N3O3S/c1-17-9-11-20(12-10-17)24-16-22(21-13-14-25(36-4)26(15-21)37-5)27-28(32)29(38-31(27)34-24)30(35)33-23-8-6-7-18(2)19(23)3/h6-16H,32H2,1-5H3,(H,33,35). The maximum absolute atomic E-state index is 13.4. The van der Waals surface area contributed by atoms with Crippen molar-refractivity contribution >= 4 is 38.8 Å². The summed E-state index contributed by atoms with van der Waals surface area (Å²) in [5.41, 5.74) is 14.7. The number of carbonyl (C=O) groups is 1. The smallest absolute Gasteiger partial charge is 0.267 e. The molecule has 2 aromatic heterocycles. The molecule has 192 valence electrons. The Morgan fingerprint density at radius 1 is 0.895 bits per heavy atom. The number of methoxy groups -OCH3 is 2. The molecule has 3 N–H and O–H groups in total. The number of nitrogen functional groups attached to an aromatic ring is 1. The molecule has 0 radical (unpaired) electrons. The lowest BCUT2D eigenvalue weighted by atomic mass is 9.98. The van der Waals surface area contributed by atoms with Crippen LogP contribution in [-0.2, 0) is 0 Å². The van der Waals surface area contributed by atoms with Gasteiger partial charge < -0.3 is 20.5 Å². The van der Waals surface area contributed by atoms with Gasteiger partial charge in [-0.05, 0) is 67.3 Å². The molecular formula is C31H29N3O3S. The van der Waals surface area contributed by atoms with E-state index in [-0.39, 0.29) is 5.91 Å². The number of nitrogens with two attached hydrogens (primary N) is 1. The molecule has 6 nitrogen and oxygen atoms in total. The molecule has 0 saturated heterocycles. The number of pyridine rings is 1. The molecule has 38 heavy (non-hydrogen) atoms. The van der Waals surface area contributed by atoms with Gasteiger partial charge in [0, 0.05) is 16.6 Å². The Balaban J connectivity index is 1.70. The number of hydrogen-bond acceptors (Lipinski definition) is 6. The van der Waals surface area contributed by atoms with Crippen LogP contribution in [0.15, 0.2) is 66.7 Å². The molecule has 0 unspecified atom stereocenters. The molecule has 0 bridgehead atoms. The van der Waals surface area contributed by atoms with Gasteiger partial charge in [0.1, 0.15) is 9.71 Å². The first kappa shape index (κ1) is 25.3. The van der Waals surface area contributed by atoms with Gasteiger partial charge in [-0.2, -0.15) is 0 Å². The summed E-state index contributed by atoms with van der Waals surface area (Å²) in [5.74, 6) is 0.982. The zero-order valence-electron chi connectivity index (χ0n) is 22.0. The Hall–Kier alpha value is -4.36. The van der Waals surface area contributed by atoms with Crippen molar-refractivity contribution in [3.05, 3.63) is 88.3 Å². The number of aromatic nitrogens is 1. The number of hydrogen-bond donors (Lipinski definition) is 2. The summed E-state index contributed by atoms with van der Waals surface area (Å²) in [6.45, 7) is 6.06. The third kappa shape index (κ3) is 4.57. The highest BCUT2D eigenvalue weighted by atomic mass is 32.1. The van der Waals surface area contributed by atoms with Gasteiger partial charge in [-0.15, -0.1) is 11.3 Å². The number of nitrogens with one attached hydrogen (secondary N) is 1. The number of rotatable bonds is 6. The van der Waals surface area contributed by atoms with Crippen LogP contribution in [0.25, 0.3) is 32.6 Å². The number of aryl methyl sites for hydroxylation is 2. The lowest BCUT2D eigenvalue weighted by Crippen LogP contribution is -2.13. The number of nitrogens with zero attached hydrogens (tertiary/aromatic N) is 1. The molecule has 0 aliphatic heterocycles. The van der Waals surface area contributed by atoms with E-state index >= 15 is 0 Å². The number of carbonyl (C=O) groups excluding carboxylic acids is 1. The molecule has 1 amide bonds. The molecule has 7 heteroatoms. The Morgan fingerprint density at radius 3 is 2.32 bits per heavy atom. The minimum Gasteiger partial charge on any atom is -0.493 e. The van der Waals surface area contributed by atoms with Crippen molar-refractivity contribution in [3.8, 4) is 33.9 Å². The van der Waals surface area contributed by atoms with Crippen LogP contribution in [0.1, 0.15) is 26.4 Å². The van der Waals surface area contributed by atoms with E-state index in [9.17, 15) is 4.79 Å². The van der Waals surface area contributed by atoms with Crippen LogP contribution in [0.4, 0.5) is 11.4 Å². The highest BCUT2D eigenvalue weighted by Crippen LogP contribution is 2.43. The number of benzene rings is 3. The Kier molecular flexibility index (Phi) is 6.78. The molecular weight excluding hydrogens is 494 g/mol. The molecule has 5 aromatic rings. The van der Waals surface area contributed by atoms with E-state index in [1.54, 1.807) is 14.2 Å². The fourth-order valence-electron chi connectivity index (χ4n) is 4.46. The fraction of sp³-hybridized carbons (Fsp3) is 0.161. The van der Waals surface area contributed by atoms with Crippen molar-refractivity contribution in [2.75, 3.05) is 25.3 Å². The zero-order valence-corrected chi connectivity index (χ0v) is 22.8. The van der Waals surface area contributed by atoms with E-state index in [4.69, 9.17) is 20.2 Å². The third-order valence-electron chi connectivity index (χ3n) is 6.80. The Bertz CT molecular complexity index is 1670. The van der Waals surface area contributed by atoms with E-state index in [2.05, 4.69) is 24.4 Å². The maximum Gasteiger partial charge on any atom is 0.267 e. The highest BCUT2D eigenvalue weighted by Gasteiger charge is 2.23. The predicted octanol–water partition coefficient (Wildman–Crippen LogP) is 7.41. The molecule has 3 aromatic carbocycles. The van der Waals surface area contributed by atoms with E-state index in [0.717, 1.165) is 44.6 Å². The van der Waals surface area contributed by atoms with Gasteiger partial charge in [0.25, 0.3) is 5.91 Å². The summed E-state index contributed by atoms with van der Waals surface area (Å²) in [6, 6.07) is 21.8. The first-order valence-corrected chi connectivity index (χ1v) is 13.0. The second-order valence-corrected chi connectivity index (χ2v) is 10.2. The second kappa shape index (κ2) is 10.2. The largest absolute Gasteiger partial charge is 0.493 e. The zero-order chi connectivity index (χ0) is 27.0. The van der Waals surface area contributed by atoms with Gasteiger partial charge in [-0.25, -0.2) is 4.98 Å². The van der Waals surface area contributed by atoms with Crippen LogP contribution in [0.2, 0.25) is 0 Å². The van der Waals surface area contributed by atoms with Crippen molar-refractivity contribution in [1.29, 1.82) is 0 Å². The molecule has 5 rings (SSSR count). The average Bonchev–Trinajstić information content (AvgIpc) is 3.27. The molecule has 0 aliphatic rings. The van der Waals surface area contributed by atoms with Gasteiger partial charge in [0.2, 0.25) is 0 Å². The van der Waals surface area contributed by atoms with E-state index < -0.39 is 0 Å². The number of ether oxygens (including phenoxy) is 2. The second-order valence-electron chi connectivity index (χ2n) is 9.22. The van der Waals surface area contributed by atoms with Crippen molar-refractivity contribution in [2.45, 2.75) is 20.8 Å². The number of fused-ring (bicyclic) bond motifs is 1. The number of amides is 1. The van der Waals surface area contributed by atoms with Crippen LogP contribution in [0.5, 0.6) is 11.5 Å². The summed E-state index contributed by atoms with van der Waals surface area (Å²) >= 11 is 1.30. The van der Waals surface area contributed by atoms with Crippen molar-refractivity contribution in [2.24, 2.45) is 0 Å². The molecule has 2 heterocycles.